The van der Waals surface area contributed by atoms with Gasteiger partial charge in [0.25, 0.3) is 0 Å². The molecule has 2 rings (SSSR count). The fourth-order valence-corrected chi connectivity index (χ4v) is 3.22. The van der Waals surface area contributed by atoms with Gasteiger partial charge in [0.2, 0.25) is 0 Å². The summed E-state index contributed by atoms with van der Waals surface area (Å²) in [5.74, 6) is 1.14. The molecule has 1 heterocycles. The van der Waals surface area contributed by atoms with Gasteiger partial charge in [0.1, 0.15) is 5.82 Å². The summed E-state index contributed by atoms with van der Waals surface area (Å²) in [6, 6.07) is 11.1. The predicted molar refractivity (Wildman–Crippen MR) is 112 cm³/mol. The molecule has 6 heteroatoms. The summed E-state index contributed by atoms with van der Waals surface area (Å²) in [6.07, 6.45) is 1.70. The molecule has 132 valence electrons. The molecule has 0 spiro atoms. The van der Waals surface area contributed by atoms with Crippen LogP contribution in [0.3, 0.4) is 0 Å². The molecule has 24 heavy (non-hydrogen) atoms. The van der Waals surface area contributed by atoms with Crippen LogP contribution in [0.5, 0.6) is 0 Å². The third-order valence-corrected chi connectivity index (χ3v) is 4.51. The van der Waals surface area contributed by atoms with Gasteiger partial charge in [-0.2, -0.15) is 0 Å². The number of rotatable bonds is 7. The SMILES string of the molecule is CN=C(NCCc1ccccc1F)NCC(C)Cc1cccs1.I. The molecule has 0 bridgehead atoms. The number of nitrogens with one attached hydrogen (secondary N) is 2. The first kappa shape index (κ1) is 20.9. The summed E-state index contributed by atoms with van der Waals surface area (Å²) in [5, 5.41) is 8.68. The zero-order chi connectivity index (χ0) is 16.5. The third-order valence-electron chi connectivity index (χ3n) is 3.62. The van der Waals surface area contributed by atoms with Crippen LogP contribution in [-0.4, -0.2) is 26.1 Å². The van der Waals surface area contributed by atoms with Gasteiger partial charge in [-0.15, -0.1) is 35.3 Å². The maximum atomic E-state index is 13.6. The lowest BCUT2D eigenvalue weighted by Gasteiger charge is -2.15. The molecule has 0 aliphatic carbocycles. The van der Waals surface area contributed by atoms with Crippen molar-refractivity contribution in [3.63, 3.8) is 0 Å². The number of halogens is 2. The van der Waals surface area contributed by atoms with E-state index >= 15 is 0 Å². The largest absolute Gasteiger partial charge is 0.356 e. The van der Waals surface area contributed by atoms with E-state index in [2.05, 4.69) is 40.1 Å². The average Bonchev–Trinajstić information content (AvgIpc) is 3.05. The van der Waals surface area contributed by atoms with Crippen LogP contribution in [0, 0.1) is 11.7 Å². The fraction of sp³-hybridized carbons (Fsp3) is 0.389. The molecular weight excluding hydrogens is 436 g/mol. The first-order chi connectivity index (χ1) is 11.2. The molecule has 0 aliphatic heterocycles. The monoisotopic (exact) mass is 461 g/mol. The topological polar surface area (TPSA) is 36.4 Å². The molecule has 1 aromatic carbocycles. The van der Waals surface area contributed by atoms with Crippen molar-refractivity contribution in [1.29, 1.82) is 0 Å². The minimum absolute atomic E-state index is 0. The minimum Gasteiger partial charge on any atom is -0.356 e. The summed E-state index contributed by atoms with van der Waals surface area (Å²) in [4.78, 5) is 5.62. The molecule has 0 fully saturated rings. The molecule has 0 amide bonds. The number of aliphatic imine (C=N–C) groups is 1. The van der Waals surface area contributed by atoms with Gasteiger partial charge in [0.05, 0.1) is 0 Å². The van der Waals surface area contributed by atoms with Gasteiger partial charge in [0, 0.05) is 25.0 Å². The summed E-state index contributed by atoms with van der Waals surface area (Å²) in [7, 11) is 1.75. The predicted octanol–water partition coefficient (Wildman–Crippen LogP) is 4.09. The van der Waals surface area contributed by atoms with E-state index in [0.29, 0.717) is 18.9 Å². The molecule has 1 unspecified atom stereocenters. The second-order valence-electron chi connectivity index (χ2n) is 5.61. The van der Waals surface area contributed by atoms with Gasteiger partial charge in [-0.05, 0) is 41.8 Å². The van der Waals surface area contributed by atoms with Crippen LogP contribution < -0.4 is 10.6 Å². The molecule has 0 saturated heterocycles. The molecule has 0 radical (unpaired) electrons. The second kappa shape index (κ2) is 11.4. The number of guanidine groups is 1. The molecule has 2 aromatic rings. The molecular formula is C18H25FIN3S. The highest BCUT2D eigenvalue weighted by Crippen LogP contribution is 2.13. The molecule has 0 saturated carbocycles. The number of hydrogen-bond donors (Lipinski definition) is 2. The average molecular weight is 461 g/mol. The lowest BCUT2D eigenvalue weighted by molar-refractivity contribution is 0.561. The Hall–Kier alpha value is -1.15. The molecule has 1 aromatic heterocycles. The summed E-state index contributed by atoms with van der Waals surface area (Å²) >= 11 is 1.79. The van der Waals surface area contributed by atoms with Gasteiger partial charge in [-0.25, -0.2) is 4.39 Å². The maximum absolute atomic E-state index is 13.6. The van der Waals surface area contributed by atoms with Crippen LogP contribution in [-0.2, 0) is 12.8 Å². The van der Waals surface area contributed by atoms with Crippen LogP contribution in [0.25, 0.3) is 0 Å². The number of benzene rings is 1. The van der Waals surface area contributed by atoms with Crippen molar-refractivity contribution in [3.8, 4) is 0 Å². The zero-order valence-electron chi connectivity index (χ0n) is 14.1. The van der Waals surface area contributed by atoms with E-state index in [-0.39, 0.29) is 29.8 Å². The maximum Gasteiger partial charge on any atom is 0.190 e. The van der Waals surface area contributed by atoms with Crippen LogP contribution in [0.15, 0.2) is 46.8 Å². The lowest BCUT2D eigenvalue weighted by atomic mass is 10.1. The number of hydrogen-bond acceptors (Lipinski definition) is 2. The van der Waals surface area contributed by atoms with E-state index in [1.807, 2.05) is 12.1 Å². The van der Waals surface area contributed by atoms with Crippen LogP contribution >= 0.6 is 35.3 Å². The highest BCUT2D eigenvalue weighted by molar-refractivity contribution is 14.0. The van der Waals surface area contributed by atoms with Gasteiger partial charge in [-0.1, -0.05) is 31.2 Å². The number of thiophene rings is 1. The van der Waals surface area contributed by atoms with Crippen LogP contribution in [0.2, 0.25) is 0 Å². The molecule has 1 atom stereocenters. The quantitative estimate of drug-likeness (QED) is 0.370. The smallest absolute Gasteiger partial charge is 0.190 e. The van der Waals surface area contributed by atoms with Gasteiger partial charge < -0.3 is 10.6 Å². The van der Waals surface area contributed by atoms with Gasteiger partial charge in [-0.3, -0.25) is 4.99 Å². The van der Waals surface area contributed by atoms with Crippen molar-refractivity contribution >= 4 is 41.3 Å². The molecule has 3 nitrogen and oxygen atoms in total. The standard InChI is InChI=1S/C18H24FN3S.HI/c1-14(12-16-7-5-11-23-16)13-22-18(20-2)21-10-9-15-6-3-4-8-17(15)19;/h3-8,11,14H,9-10,12-13H2,1-2H3,(H2,20,21,22);1H. The van der Waals surface area contributed by atoms with E-state index in [0.717, 1.165) is 24.5 Å². The van der Waals surface area contributed by atoms with Crippen molar-refractivity contribution in [2.75, 3.05) is 20.1 Å². The zero-order valence-corrected chi connectivity index (χ0v) is 17.2. The number of nitrogens with zero attached hydrogens (tertiary/aromatic N) is 1. The van der Waals surface area contributed by atoms with E-state index in [9.17, 15) is 4.39 Å². The van der Waals surface area contributed by atoms with Crippen molar-refractivity contribution < 1.29 is 4.39 Å². The first-order valence-corrected chi connectivity index (χ1v) is 8.77. The summed E-state index contributed by atoms with van der Waals surface area (Å²) in [6.45, 7) is 3.73. The summed E-state index contributed by atoms with van der Waals surface area (Å²) < 4.78 is 13.6. The van der Waals surface area contributed by atoms with E-state index in [4.69, 9.17) is 0 Å². The Kier molecular flexibility index (Phi) is 9.94. The van der Waals surface area contributed by atoms with Crippen molar-refractivity contribution in [1.82, 2.24) is 10.6 Å². The first-order valence-electron chi connectivity index (χ1n) is 7.89. The Labute approximate surface area is 164 Å². The van der Waals surface area contributed by atoms with Crippen molar-refractivity contribution in [3.05, 3.63) is 58.0 Å². The van der Waals surface area contributed by atoms with Crippen LogP contribution in [0.4, 0.5) is 4.39 Å². The van der Waals surface area contributed by atoms with E-state index < -0.39 is 0 Å². The second-order valence-corrected chi connectivity index (χ2v) is 6.64. The normalized spacial score (nSPS) is 12.4. The Morgan fingerprint density at radius 2 is 2.00 bits per heavy atom. The lowest BCUT2D eigenvalue weighted by Crippen LogP contribution is -2.40. The Morgan fingerprint density at radius 1 is 1.21 bits per heavy atom. The van der Waals surface area contributed by atoms with Crippen LogP contribution in [0.1, 0.15) is 17.4 Å². The highest BCUT2D eigenvalue weighted by Gasteiger charge is 2.06. The van der Waals surface area contributed by atoms with Gasteiger partial charge >= 0.3 is 0 Å². The Bertz CT molecular complexity index is 616. The molecule has 0 aliphatic rings. The summed E-state index contributed by atoms with van der Waals surface area (Å²) in [5.41, 5.74) is 0.724. The van der Waals surface area contributed by atoms with Crippen molar-refractivity contribution in [2.45, 2.75) is 19.8 Å². The van der Waals surface area contributed by atoms with E-state index in [1.165, 1.54) is 10.9 Å². The van der Waals surface area contributed by atoms with Crippen molar-refractivity contribution in [2.24, 2.45) is 10.9 Å². The third kappa shape index (κ3) is 7.17. The Balaban J connectivity index is 0.00000288. The van der Waals surface area contributed by atoms with Gasteiger partial charge in [0.15, 0.2) is 5.96 Å². The molecule has 2 N–H and O–H groups in total. The fourth-order valence-electron chi connectivity index (χ4n) is 2.35. The minimum atomic E-state index is -0.151. The highest BCUT2D eigenvalue weighted by atomic mass is 127. The van der Waals surface area contributed by atoms with E-state index in [1.54, 1.807) is 24.5 Å². The Morgan fingerprint density at radius 3 is 2.67 bits per heavy atom.